The predicted octanol–water partition coefficient (Wildman–Crippen LogP) is 5.29. The van der Waals surface area contributed by atoms with Crippen LogP contribution in [0.5, 0.6) is 5.75 Å². The fraction of sp³-hybridized carbons (Fsp3) is 0.419. The van der Waals surface area contributed by atoms with E-state index in [9.17, 15) is 4.79 Å². The molecule has 0 amide bonds. The zero-order valence-electron chi connectivity index (χ0n) is 23.0. The molecule has 0 saturated carbocycles. The van der Waals surface area contributed by atoms with Crippen molar-refractivity contribution in [2.45, 2.75) is 26.7 Å². The van der Waals surface area contributed by atoms with Crippen LogP contribution in [0.4, 0.5) is 5.69 Å². The summed E-state index contributed by atoms with van der Waals surface area (Å²) < 4.78 is 11.5. The van der Waals surface area contributed by atoms with Crippen molar-refractivity contribution in [3.05, 3.63) is 53.7 Å². The van der Waals surface area contributed by atoms with E-state index in [-0.39, 0.29) is 5.78 Å². The second kappa shape index (κ2) is 10.9. The number of piperazine rings is 1. The molecule has 4 aromatic rings. The number of hydrogen-bond acceptors (Lipinski definition) is 6. The Morgan fingerprint density at radius 1 is 1.05 bits per heavy atom. The second-order valence-corrected chi connectivity index (χ2v) is 10.9. The van der Waals surface area contributed by atoms with Gasteiger partial charge in [-0.25, -0.2) is 4.98 Å². The number of carbonyl (C=O) groups excluding carboxylic acids is 1. The molecule has 204 valence electrons. The Labute approximate surface area is 229 Å². The number of aryl methyl sites for hydroxylation is 1. The molecule has 2 aromatic heterocycles. The average Bonchev–Trinajstić information content (AvgIpc) is 3.53. The first-order valence-electron chi connectivity index (χ1n) is 13.9. The molecule has 2 aromatic carbocycles. The van der Waals surface area contributed by atoms with Gasteiger partial charge in [0.15, 0.2) is 11.6 Å². The maximum absolute atomic E-state index is 12.8. The smallest absolute Gasteiger partial charge is 0.162 e. The molecule has 2 fully saturated rings. The molecule has 4 heterocycles. The highest BCUT2D eigenvalue weighted by Crippen LogP contribution is 2.37. The number of nitrogens with zero attached hydrogens (tertiary/aromatic N) is 3. The maximum Gasteiger partial charge on any atom is 0.162 e. The van der Waals surface area contributed by atoms with Gasteiger partial charge in [-0.1, -0.05) is 12.1 Å². The molecule has 6 rings (SSSR count). The average molecular weight is 528 g/mol. The number of nitrogens with one attached hydrogen (secondary N) is 2. The zero-order chi connectivity index (χ0) is 26.9. The van der Waals surface area contributed by atoms with E-state index in [1.54, 1.807) is 6.92 Å². The Balaban J connectivity index is 1.30. The summed E-state index contributed by atoms with van der Waals surface area (Å²) in [6, 6.07) is 14.5. The van der Waals surface area contributed by atoms with Gasteiger partial charge in [0.05, 0.1) is 23.3 Å². The molecule has 2 N–H and O–H groups in total. The van der Waals surface area contributed by atoms with Crippen LogP contribution < -0.4 is 9.64 Å². The molecule has 2 aliphatic rings. The van der Waals surface area contributed by atoms with E-state index in [2.05, 4.69) is 45.0 Å². The van der Waals surface area contributed by atoms with Crippen molar-refractivity contribution in [1.82, 2.24) is 19.9 Å². The summed E-state index contributed by atoms with van der Waals surface area (Å²) in [5.74, 6) is 2.12. The van der Waals surface area contributed by atoms with E-state index >= 15 is 0 Å². The van der Waals surface area contributed by atoms with Crippen LogP contribution in [-0.4, -0.2) is 78.7 Å². The van der Waals surface area contributed by atoms with Gasteiger partial charge in [0.1, 0.15) is 5.75 Å². The van der Waals surface area contributed by atoms with Gasteiger partial charge < -0.3 is 29.2 Å². The van der Waals surface area contributed by atoms with Crippen LogP contribution >= 0.6 is 0 Å². The fourth-order valence-electron chi connectivity index (χ4n) is 5.75. The van der Waals surface area contributed by atoms with E-state index in [0.717, 1.165) is 97.4 Å². The van der Waals surface area contributed by atoms with Gasteiger partial charge in [-0.05, 0) is 75.5 Å². The molecule has 2 aliphatic heterocycles. The third-order valence-electron chi connectivity index (χ3n) is 8.08. The second-order valence-electron chi connectivity index (χ2n) is 10.9. The molecule has 0 atom stereocenters. The lowest BCUT2D eigenvalue weighted by Crippen LogP contribution is -2.44. The van der Waals surface area contributed by atoms with Gasteiger partial charge in [-0.15, -0.1) is 0 Å². The summed E-state index contributed by atoms with van der Waals surface area (Å²) in [5.41, 5.74) is 7.28. The van der Waals surface area contributed by atoms with Gasteiger partial charge in [-0.3, -0.25) is 4.79 Å². The highest BCUT2D eigenvalue weighted by molar-refractivity contribution is 6.05. The third kappa shape index (κ3) is 5.31. The number of ketones is 1. The highest BCUT2D eigenvalue weighted by Gasteiger charge is 2.24. The van der Waals surface area contributed by atoms with Crippen molar-refractivity contribution in [2.24, 2.45) is 5.92 Å². The number of likely N-dealkylation sites (N-methyl/N-ethyl adjacent to an activating group) is 1. The number of H-pyrrole nitrogens is 2. The Hall–Kier alpha value is -3.62. The van der Waals surface area contributed by atoms with Crippen LogP contribution in [0.2, 0.25) is 0 Å². The van der Waals surface area contributed by atoms with E-state index in [0.29, 0.717) is 18.1 Å². The SMILES string of the molecule is CC(=O)c1c(C)[nH]c(-c2nc3ccc(N4CCN(C)CC4)cc3[nH]2)c1-c1ccc(OCC2CCOCC2)cc1. The standard InChI is InChI=1S/C31H37N5O3/c1-20-28(21(2)37)29(23-4-7-25(8-5-23)39-19-22-10-16-38-17-11-22)30(32-20)31-33-26-9-6-24(18-27(26)34-31)36-14-12-35(3)13-15-36/h4-9,18,22,32H,10-17,19H2,1-3H3,(H,33,34). The lowest BCUT2D eigenvalue weighted by atomic mass is 9.97. The van der Waals surface area contributed by atoms with E-state index in [1.807, 2.05) is 31.2 Å². The van der Waals surface area contributed by atoms with E-state index in [4.69, 9.17) is 14.5 Å². The number of Topliss-reactive ketones (excluding diaryl/α,β-unsaturated/α-hetero) is 1. The van der Waals surface area contributed by atoms with Crippen molar-refractivity contribution in [3.8, 4) is 28.4 Å². The minimum Gasteiger partial charge on any atom is -0.493 e. The van der Waals surface area contributed by atoms with Gasteiger partial charge in [-0.2, -0.15) is 0 Å². The number of hydrogen-bond donors (Lipinski definition) is 2. The minimum absolute atomic E-state index is 0.0262. The van der Waals surface area contributed by atoms with E-state index < -0.39 is 0 Å². The summed E-state index contributed by atoms with van der Waals surface area (Å²) in [6.45, 7) is 10.0. The molecule has 8 nitrogen and oxygen atoms in total. The number of ether oxygens (including phenoxy) is 2. The minimum atomic E-state index is 0.0262. The van der Waals surface area contributed by atoms with Crippen molar-refractivity contribution in [2.75, 3.05) is 57.9 Å². The monoisotopic (exact) mass is 527 g/mol. The van der Waals surface area contributed by atoms with Crippen LogP contribution in [0, 0.1) is 12.8 Å². The van der Waals surface area contributed by atoms with Crippen molar-refractivity contribution in [1.29, 1.82) is 0 Å². The van der Waals surface area contributed by atoms with Crippen molar-refractivity contribution < 1.29 is 14.3 Å². The first kappa shape index (κ1) is 25.6. The summed E-state index contributed by atoms with van der Waals surface area (Å²) >= 11 is 0. The Bertz CT molecular complexity index is 1460. The molecule has 0 aliphatic carbocycles. The van der Waals surface area contributed by atoms with Gasteiger partial charge in [0.2, 0.25) is 0 Å². The quantitative estimate of drug-likeness (QED) is 0.318. The molecule has 2 saturated heterocycles. The Kier molecular flexibility index (Phi) is 7.14. The number of aromatic amines is 2. The van der Waals surface area contributed by atoms with E-state index in [1.165, 1.54) is 5.69 Å². The summed E-state index contributed by atoms with van der Waals surface area (Å²) in [5, 5.41) is 0. The van der Waals surface area contributed by atoms with Crippen LogP contribution in [0.25, 0.3) is 33.7 Å². The number of benzene rings is 2. The number of anilines is 1. The Morgan fingerprint density at radius 3 is 2.51 bits per heavy atom. The molecular formula is C31H37N5O3. The normalized spacial score (nSPS) is 17.2. The summed E-state index contributed by atoms with van der Waals surface area (Å²) in [7, 11) is 2.17. The van der Waals surface area contributed by atoms with Crippen molar-refractivity contribution in [3.63, 3.8) is 0 Å². The molecule has 0 bridgehead atoms. The van der Waals surface area contributed by atoms with Gasteiger partial charge >= 0.3 is 0 Å². The number of aromatic nitrogens is 3. The number of fused-ring (bicyclic) bond motifs is 1. The summed E-state index contributed by atoms with van der Waals surface area (Å²) in [6.07, 6.45) is 2.08. The number of carbonyl (C=O) groups is 1. The lowest BCUT2D eigenvalue weighted by Gasteiger charge is -2.34. The third-order valence-corrected chi connectivity index (χ3v) is 8.08. The molecule has 0 radical (unpaired) electrons. The molecule has 0 spiro atoms. The fourth-order valence-corrected chi connectivity index (χ4v) is 5.75. The first-order chi connectivity index (χ1) is 19.0. The van der Waals surface area contributed by atoms with Crippen LogP contribution in [0.15, 0.2) is 42.5 Å². The van der Waals surface area contributed by atoms with Crippen LogP contribution in [-0.2, 0) is 4.74 Å². The van der Waals surface area contributed by atoms with Crippen LogP contribution in [0.3, 0.4) is 0 Å². The number of rotatable bonds is 7. The Morgan fingerprint density at radius 2 is 1.79 bits per heavy atom. The zero-order valence-corrected chi connectivity index (χ0v) is 23.0. The molecule has 0 unspecified atom stereocenters. The van der Waals surface area contributed by atoms with Gasteiger partial charge in [0, 0.05) is 61.9 Å². The topological polar surface area (TPSA) is 86.5 Å². The largest absolute Gasteiger partial charge is 0.493 e. The maximum atomic E-state index is 12.8. The molecule has 8 heteroatoms. The molecular weight excluding hydrogens is 490 g/mol. The summed E-state index contributed by atoms with van der Waals surface area (Å²) in [4.78, 5) is 29.5. The van der Waals surface area contributed by atoms with Gasteiger partial charge in [0.25, 0.3) is 0 Å². The predicted molar refractivity (Wildman–Crippen MR) is 155 cm³/mol. The highest BCUT2D eigenvalue weighted by atomic mass is 16.5. The van der Waals surface area contributed by atoms with Crippen molar-refractivity contribution >= 4 is 22.5 Å². The number of imidazole rings is 1. The molecule has 39 heavy (non-hydrogen) atoms. The van der Waals surface area contributed by atoms with Crippen LogP contribution in [0.1, 0.15) is 35.8 Å². The first-order valence-corrected chi connectivity index (χ1v) is 13.9. The lowest BCUT2D eigenvalue weighted by molar-refractivity contribution is 0.0497.